The van der Waals surface area contributed by atoms with Crippen molar-refractivity contribution in [2.45, 2.75) is 19.3 Å². The number of H-pyrrole nitrogens is 1. The van der Waals surface area contributed by atoms with Gasteiger partial charge in [-0.1, -0.05) is 0 Å². The summed E-state index contributed by atoms with van der Waals surface area (Å²) < 4.78 is 0. The van der Waals surface area contributed by atoms with Crippen LogP contribution in [0.4, 0.5) is 0 Å². The second-order valence-corrected chi connectivity index (χ2v) is 3.20. The molecule has 0 bridgehead atoms. The molecule has 0 saturated carbocycles. The first-order chi connectivity index (χ1) is 6.83. The number of aromatic nitrogens is 3. The Labute approximate surface area is 87.3 Å². The highest BCUT2D eigenvalue weighted by Gasteiger charge is 2.00. The first-order valence-electron chi connectivity index (χ1n) is 4.50. The van der Waals surface area contributed by atoms with Crippen LogP contribution < -0.4 is 5.32 Å². The lowest BCUT2D eigenvalue weighted by atomic mass is 10.3. The molecule has 0 unspecified atom stereocenters. The van der Waals surface area contributed by atoms with E-state index in [-0.39, 0.29) is 5.91 Å². The van der Waals surface area contributed by atoms with Crippen molar-refractivity contribution in [1.82, 2.24) is 20.5 Å². The Morgan fingerprint density at radius 2 is 2.50 bits per heavy atom. The molecule has 5 nitrogen and oxygen atoms in total. The van der Waals surface area contributed by atoms with Crippen molar-refractivity contribution < 1.29 is 4.79 Å². The number of amides is 1. The molecule has 0 fully saturated rings. The maximum absolute atomic E-state index is 11.1. The fourth-order valence-corrected chi connectivity index (χ4v) is 1.12. The molecular weight excluding hydrogens is 204 g/mol. The molecule has 0 aliphatic rings. The zero-order chi connectivity index (χ0) is 10.2. The zero-order valence-electron chi connectivity index (χ0n) is 7.79. The first-order valence-corrected chi connectivity index (χ1v) is 5.03. The Bertz CT molecular complexity index is 262. The van der Waals surface area contributed by atoms with E-state index >= 15 is 0 Å². The summed E-state index contributed by atoms with van der Waals surface area (Å²) in [7, 11) is 0. The summed E-state index contributed by atoms with van der Waals surface area (Å²) >= 11 is 5.46. The predicted molar refractivity (Wildman–Crippen MR) is 53.1 cm³/mol. The first kappa shape index (κ1) is 11.0. The predicted octanol–water partition coefficient (Wildman–Crippen LogP) is 0.482. The van der Waals surface area contributed by atoms with E-state index in [0.717, 1.165) is 12.2 Å². The van der Waals surface area contributed by atoms with Crippen molar-refractivity contribution in [3.63, 3.8) is 0 Å². The zero-order valence-corrected chi connectivity index (χ0v) is 8.55. The number of halogens is 1. The van der Waals surface area contributed by atoms with E-state index in [2.05, 4.69) is 20.5 Å². The fourth-order valence-electron chi connectivity index (χ4n) is 0.987. The highest BCUT2D eigenvalue weighted by atomic mass is 35.5. The number of carbonyl (C=O) groups excluding carboxylic acids is 1. The highest BCUT2D eigenvalue weighted by molar-refractivity contribution is 6.17. The minimum Gasteiger partial charge on any atom is -0.356 e. The SMILES string of the molecule is O=C(CCCCl)NCCc1ncn[nH]1. The van der Waals surface area contributed by atoms with Crippen LogP contribution in [0.5, 0.6) is 0 Å². The molecule has 0 aliphatic carbocycles. The Balaban J connectivity index is 2.06. The Kier molecular flexibility index (Phi) is 4.99. The lowest BCUT2D eigenvalue weighted by molar-refractivity contribution is -0.121. The van der Waals surface area contributed by atoms with Gasteiger partial charge in [0.2, 0.25) is 5.91 Å². The van der Waals surface area contributed by atoms with Crippen LogP contribution >= 0.6 is 11.6 Å². The molecule has 0 radical (unpaired) electrons. The molecule has 0 aromatic carbocycles. The van der Waals surface area contributed by atoms with Crippen LogP contribution in [0.3, 0.4) is 0 Å². The van der Waals surface area contributed by atoms with E-state index in [0.29, 0.717) is 25.3 Å². The normalized spacial score (nSPS) is 10.1. The van der Waals surface area contributed by atoms with Crippen molar-refractivity contribution in [3.05, 3.63) is 12.2 Å². The molecule has 1 amide bonds. The molecule has 14 heavy (non-hydrogen) atoms. The summed E-state index contributed by atoms with van der Waals surface area (Å²) in [5.41, 5.74) is 0. The standard InChI is InChI=1S/C8H13ClN4O/c9-4-1-2-8(14)10-5-3-7-11-6-12-13-7/h6H,1-5H2,(H,10,14)(H,11,12,13). The smallest absolute Gasteiger partial charge is 0.220 e. The largest absolute Gasteiger partial charge is 0.356 e. The minimum atomic E-state index is 0.0326. The molecule has 6 heteroatoms. The third-order valence-electron chi connectivity index (χ3n) is 1.69. The third-order valence-corrected chi connectivity index (χ3v) is 1.95. The Morgan fingerprint density at radius 3 is 3.14 bits per heavy atom. The van der Waals surface area contributed by atoms with Crippen LogP contribution in [-0.4, -0.2) is 33.5 Å². The van der Waals surface area contributed by atoms with E-state index in [4.69, 9.17) is 11.6 Å². The molecule has 0 atom stereocenters. The number of rotatable bonds is 6. The summed E-state index contributed by atoms with van der Waals surface area (Å²) in [5, 5.41) is 9.19. The topological polar surface area (TPSA) is 70.7 Å². The van der Waals surface area contributed by atoms with Crippen molar-refractivity contribution in [1.29, 1.82) is 0 Å². The van der Waals surface area contributed by atoms with Gasteiger partial charge in [0, 0.05) is 25.3 Å². The van der Waals surface area contributed by atoms with Crippen LogP contribution in [0.25, 0.3) is 0 Å². The minimum absolute atomic E-state index is 0.0326. The van der Waals surface area contributed by atoms with E-state index in [1.807, 2.05) is 0 Å². The van der Waals surface area contributed by atoms with Crippen LogP contribution in [-0.2, 0) is 11.2 Å². The van der Waals surface area contributed by atoms with E-state index in [1.165, 1.54) is 6.33 Å². The number of hydrogen-bond acceptors (Lipinski definition) is 3. The van der Waals surface area contributed by atoms with Gasteiger partial charge in [-0.3, -0.25) is 9.89 Å². The molecule has 0 spiro atoms. The fraction of sp³-hybridized carbons (Fsp3) is 0.625. The number of aromatic amines is 1. The van der Waals surface area contributed by atoms with Gasteiger partial charge < -0.3 is 5.32 Å². The maximum atomic E-state index is 11.1. The van der Waals surface area contributed by atoms with Crippen LogP contribution in [0, 0.1) is 0 Å². The summed E-state index contributed by atoms with van der Waals surface area (Å²) in [5.74, 6) is 1.34. The molecule has 1 aromatic heterocycles. The lowest BCUT2D eigenvalue weighted by Gasteiger charge is -2.01. The number of carbonyl (C=O) groups is 1. The van der Waals surface area contributed by atoms with Gasteiger partial charge >= 0.3 is 0 Å². The van der Waals surface area contributed by atoms with Gasteiger partial charge in [0.1, 0.15) is 12.2 Å². The summed E-state index contributed by atoms with van der Waals surface area (Å²) in [6.45, 7) is 0.580. The van der Waals surface area contributed by atoms with E-state index in [9.17, 15) is 4.79 Å². The summed E-state index contributed by atoms with van der Waals surface area (Å²) in [6, 6.07) is 0. The molecular formula is C8H13ClN4O. The summed E-state index contributed by atoms with van der Waals surface area (Å²) in [4.78, 5) is 15.1. The number of alkyl halides is 1. The molecule has 1 heterocycles. The number of hydrogen-bond donors (Lipinski definition) is 2. The van der Waals surface area contributed by atoms with E-state index < -0.39 is 0 Å². The molecule has 0 saturated heterocycles. The average Bonchev–Trinajstić information content (AvgIpc) is 2.67. The molecule has 78 valence electrons. The van der Waals surface area contributed by atoms with Crippen molar-refractivity contribution in [2.24, 2.45) is 0 Å². The quantitative estimate of drug-likeness (QED) is 0.680. The van der Waals surface area contributed by atoms with Gasteiger partial charge in [0.05, 0.1) is 0 Å². The van der Waals surface area contributed by atoms with Crippen molar-refractivity contribution in [2.75, 3.05) is 12.4 Å². The molecule has 1 aromatic rings. The monoisotopic (exact) mass is 216 g/mol. The van der Waals surface area contributed by atoms with Crippen LogP contribution in [0.1, 0.15) is 18.7 Å². The second kappa shape index (κ2) is 6.37. The van der Waals surface area contributed by atoms with Crippen molar-refractivity contribution >= 4 is 17.5 Å². The van der Waals surface area contributed by atoms with Gasteiger partial charge in [-0.2, -0.15) is 5.10 Å². The molecule has 2 N–H and O–H groups in total. The van der Waals surface area contributed by atoms with Crippen LogP contribution in [0.2, 0.25) is 0 Å². The number of nitrogens with zero attached hydrogens (tertiary/aromatic N) is 2. The Morgan fingerprint density at radius 1 is 1.64 bits per heavy atom. The van der Waals surface area contributed by atoms with Gasteiger partial charge in [-0.05, 0) is 6.42 Å². The van der Waals surface area contributed by atoms with Gasteiger partial charge in [0.15, 0.2) is 0 Å². The number of nitrogens with one attached hydrogen (secondary N) is 2. The average molecular weight is 217 g/mol. The lowest BCUT2D eigenvalue weighted by Crippen LogP contribution is -2.25. The Hall–Kier alpha value is -1.10. The summed E-state index contributed by atoms with van der Waals surface area (Å²) in [6.07, 6.45) is 3.33. The highest BCUT2D eigenvalue weighted by Crippen LogP contribution is 1.92. The molecule has 1 rings (SSSR count). The van der Waals surface area contributed by atoms with Gasteiger partial charge in [-0.15, -0.1) is 11.6 Å². The maximum Gasteiger partial charge on any atom is 0.220 e. The van der Waals surface area contributed by atoms with Gasteiger partial charge in [-0.25, -0.2) is 4.98 Å². The molecule has 0 aliphatic heterocycles. The van der Waals surface area contributed by atoms with Gasteiger partial charge in [0.25, 0.3) is 0 Å². The van der Waals surface area contributed by atoms with E-state index in [1.54, 1.807) is 0 Å². The van der Waals surface area contributed by atoms with Crippen LogP contribution in [0.15, 0.2) is 6.33 Å². The second-order valence-electron chi connectivity index (χ2n) is 2.82. The third kappa shape index (κ3) is 4.23. The van der Waals surface area contributed by atoms with Crippen molar-refractivity contribution in [3.8, 4) is 0 Å².